The minimum Gasteiger partial charge on any atom is -0.352 e. The number of pyridine rings is 1. The Kier molecular flexibility index (Phi) is 6.72. The van der Waals surface area contributed by atoms with Crippen LogP contribution in [-0.4, -0.2) is 62.0 Å². The summed E-state index contributed by atoms with van der Waals surface area (Å²) in [5.74, 6) is 7.04. The predicted molar refractivity (Wildman–Crippen MR) is 141 cm³/mol. The van der Waals surface area contributed by atoms with Gasteiger partial charge < -0.3 is 30.9 Å². The van der Waals surface area contributed by atoms with E-state index in [1.165, 1.54) is 12.8 Å². The molecule has 2 aliphatic rings. The van der Waals surface area contributed by atoms with Gasteiger partial charge in [-0.1, -0.05) is 25.8 Å². The summed E-state index contributed by atoms with van der Waals surface area (Å²) in [6.45, 7) is 6.93. The summed E-state index contributed by atoms with van der Waals surface area (Å²) in [6.07, 6.45) is 12.9. The number of hydrazone groups is 1. The van der Waals surface area contributed by atoms with Crippen molar-refractivity contribution >= 4 is 33.7 Å². The largest absolute Gasteiger partial charge is 0.352 e. The van der Waals surface area contributed by atoms with Gasteiger partial charge in [0.05, 0.1) is 0 Å². The van der Waals surface area contributed by atoms with Gasteiger partial charge >= 0.3 is 0 Å². The van der Waals surface area contributed by atoms with Gasteiger partial charge in [-0.2, -0.15) is 10.1 Å². The predicted octanol–water partition coefficient (Wildman–Crippen LogP) is 2.70. The molecule has 1 unspecified atom stereocenters. The second-order valence-electron chi connectivity index (χ2n) is 9.61. The third-order valence-corrected chi connectivity index (χ3v) is 7.21. The summed E-state index contributed by atoms with van der Waals surface area (Å²) < 4.78 is 2.14. The van der Waals surface area contributed by atoms with Crippen LogP contribution in [0.5, 0.6) is 0 Å². The van der Waals surface area contributed by atoms with Crippen molar-refractivity contribution in [1.29, 1.82) is 0 Å². The number of hydrogen-bond acceptors (Lipinski definition) is 7. The Morgan fingerprint density at radius 3 is 2.94 bits per heavy atom. The lowest BCUT2D eigenvalue weighted by atomic mass is 10.2. The number of aromatic nitrogens is 4. The molecule has 1 aliphatic heterocycles. The highest BCUT2D eigenvalue weighted by Crippen LogP contribution is 2.36. The van der Waals surface area contributed by atoms with E-state index in [4.69, 9.17) is 10.8 Å². The number of rotatable bonds is 6. The van der Waals surface area contributed by atoms with Crippen LogP contribution in [0.4, 0.5) is 5.95 Å². The molecular formula is C25H35N9O. The molecular weight excluding hydrogens is 442 g/mol. The highest BCUT2D eigenvalue weighted by molar-refractivity contribution is 6.06. The van der Waals surface area contributed by atoms with Gasteiger partial charge in [0.25, 0.3) is 5.56 Å². The van der Waals surface area contributed by atoms with Crippen LogP contribution < -0.4 is 22.0 Å². The lowest BCUT2D eigenvalue weighted by Crippen LogP contribution is -2.51. The highest BCUT2D eigenvalue weighted by atomic mass is 16.1. The molecule has 5 rings (SSSR count). The summed E-state index contributed by atoms with van der Waals surface area (Å²) in [4.78, 5) is 27.3. The molecule has 10 heteroatoms. The SMILES string of the molecule is CCC(/C=C\C(=N/N)N1CCN[C@@H](C)C1)Nc1ncc2c3cc[nH]c(=O)c3n(C3CCCC3)c2n1. The number of fused-ring (bicyclic) bond motifs is 3. The van der Waals surface area contributed by atoms with Gasteiger partial charge in [-0.15, -0.1) is 0 Å². The molecule has 1 saturated heterocycles. The van der Waals surface area contributed by atoms with Crippen LogP contribution in [-0.2, 0) is 0 Å². The van der Waals surface area contributed by atoms with Gasteiger partial charge in [0, 0.05) is 60.9 Å². The van der Waals surface area contributed by atoms with Gasteiger partial charge in [-0.3, -0.25) is 4.79 Å². The van der Waals surface area contributed by atoms with Crippen molar-refractivity contribution in [3.8, 4) is 0 Å². The average Bonchev–Trinajstić information content (AvgIpc) is 3.50. The van der Waals surface area contributed by atoms with Crippen molar-refractivity contribution in [2.75, 3.05) is 25.0 Å². The second-order valence-corrected chi connectivity index (χ2v) is 9.61. The molecule has 0 aromatic carbocycles. The molecule has 2 fully saturated rings. The van der Waals surface area contributed by atoms with Crippen LogP contribution in [0.3, 0.4) is 0 Å². The Bertz CT molecular complexity index is 1300. The number of anilines is 1. The number of amidine groups is 1. The number of nitrogens with one attached hydrogen (secondary N) is 3. The van der Waals surface area contributed by atoms with Gasteiger partial charge in [0.15, 0.2) is 0 Å². The smallest absolute Gasteiger partial charge is 0.272 e. The number of piperazine rings is 1. The van der Waals surface area contributed by atoms with Gasteiger partial charge in [0.2, 0.25) is 5.95 Å². The fourth-order valence-corrected chi connectivity index (χ4v) is 5.39. The molecule has 2 atom stereocenters. The normalized spacial score (nSPS) is 20.9. The van der Waals surface area contributed by atoms with E-state index in [-0.39, 0.29) is 17.6 Å². The van der Waals surface area contributed by atoms with Crippen molar-refractivity contribution in [1.82, 2.24) is 29.7 Å². The van der Waals surface area contributed by atoms with E-state index in [0.717, 1.165) is 61.2 Å². The zero-order valence-electron chi connectivity index (χ0n) is 20.5. The van der Waals surface area contributed by atoms with E-state index in [1.807, 2.05) is 18.3 Å². The lowest BCUT2D eigenvalue weighted by Gasteiger charge is -2.33. The van der Waals surface area contributed by atoms with E-state index >= 15 is 0 Å². The topological polar surface area (TPSA) is 129 Å². The van der Waals surface area contributed by atoms with Gasteiger partial charge in [0.1, 0.15) is 17.0 Å². The van der Waals surface area contributed by atoms with Crippen molar-refractivity contribution in [2.24, 2.45) is 10.9 Å². The summed E-state index contributed by atoms with van der Waals surface area (Å²) in [5.41, 5.74) is 1.44. The summed E-state index contributed by atoms with van der Waals surface area (Å²) in [6, 6.07) is 2.64. The molecule has 3 aromatic heterocycles. The number of aromatic amines is 1. The molecule has 0 bridgehead atoms. The summed E-state index contributed by atoms with van der Waals surface area (Å²) in [5, 5.41) is 12.7. The number of nitrogens with zero attached hydrogens (tertiary/aromatic N) is 5. The first-order valence-electron chi connectivity index (χ1n) is 12.7. The van der Waals surface area contributed by atoms with E-state index in [0.29, 0.717) is 17.5 Å². The maximum absolute atomic E-state index is 12.8. The van der Waals surface area contributed by atoms with Crippen LogP contribution in [0.25, 0.3) is 21.9 Å². The molecule has 1 aliphatic carbocycles. The Labute approximate surface area is 204 Å². The average molecular weight is 478 g/mol. The Balaban J connectivity index is 1.44. The first kappa shape index (κ1) is 23.3. The van der Waals surface area contributed by atoms with Gasteiger partial charge in [-0.05, 0) is 38.3 Å². The lowest BCUT2D eigenvalue weighted by molar-refractivity contribution is 0.304. The number of H-pyrrole nitrogens is 1. The third-order valence-electron chi connectivity index (χ3n) is 7.21. The number of nitrogens with two attached hydrogens (primary N) is 1. The monoisotopic (exact) mass is 477 g/mol. The molecule has 186 valence electrons. The van der Waals surface area contributed by atoms with E-state index in [1.54, 1.807) is 6.20 Å². The molecule has 1 saturated carbocycles. The standard InChI is InChI=1S/C25H35N9O/c1-3-17(8-9-21(32-26)33-13-12-27-16(2)15-33)30-25-29-14-20-19-10-11-28-24(35)22(19)34(23(20)31-25)18-6-4-5-7-18/h8-11,14,16-18,27H,3-7,12-13,15,26H2,1-2H3,(H,28,35)(H,29,30,31)/b9-8-,32-21+/t16-,17?/m0/s1. The minimum atomic E-state index is -0.0768. The van der Waals surface area contributed by atoms with Crippen LogP contribution in [0.2, 0.25) is 0 Å². The van der Waals surface area contributed by atoms with E-state index in [2.05, 4.69) is 55.1 Å². The summed E-state index contributed by atoms with van der Waals surface area (Å²) in [7, 11) is 0. The Morgan fingerprint density at radius 1 is 1.37 bits per heavy atom. The quantitative estimate of drug-likeness (QED) is 0.186. The molecule has 5 N–H and O–H groups in total. The molecule has 35 heavy (non-hydrogen) atoms. The zero-order valence-corrected chi connectivity index (χ0v) is 20.5. The number of hydrogen-bond donors (Lipinski definition) is 4. The molecule has 3 aromatic rings. The fourth-order valence-electron chi connectivity index (χ4n) is 5.39. The van der Waals surface area contributed by atoms with Crippen LogP contribution in [0.1, 0.15) is 52.0 Å². The molecule has 0 radical (unpaired) electrons. The third kappa shape index (κ3) is 4.62. The van der Waals surface area contributed by atoms with Crippen molar-refractivity contribution in [3.63, 3.8) is 0 Å². The summed E-state index contributed by atoms with van der Waals surface area (Å²) >= 11 is 0. The van der Waals surface area contributed by atoms with Crippen LogP contribution in [0.15, 0.2) is 40.5 Å². The first-order valence-corrected chi connectivity index (χ1v) is 12.7. The van der Waals surface area contributed by atoms with Crippen LogP contribution in [0, 0.1) is 0 Å². The first-order chi connectivity index (χ1) is 17.1. The van der Waals surface area contributed by atoms with Crippen LogP contribution >= 0.6 is 0 Å². The van der Waals surface area contributed by atoms with Crippen molar-refractivity contribution < 1.29 is 0 Å². The van der Waals surface area contributed by atoms with Crippen molar-refractivity contribution in [3.05, 3.63) is 41.0 Å². The van der Waals surface area contributed by atoms with E-state index < -0.39 is 0 Å². The zero-order chi connectivity index (χ0) is 24.4. The highest BCUT2D eigenvalue weighted by Gasteiger charge is 2.25. The molecule has 10 nitrogen and oxygen atoms in total. The Morgan fingerprint density at radius 2 is 2.20 bits per heavy atom. The Hall–Kier alpha value is -3.40. The maximum Gasteiger partial charge on any atom is 0.272 e. The van der Waals surface area contributed by atoms with Gasteiger partial charge in [-0.25, -0.2) is 4.98 Å². The maximum atomic E-state index is 12.8. The van der Waals surface area contributed by atoms with Crippen molar-refractivity contribution in [2.45, 2.75) is 64.1 Å². The fraction of sp³-hybridized carbons (Fsp3) is 0.520. The molecule has 0 amide bonds. The second kappa shape index (κ2) is 10.1. The van der Waals surface area contributed by atoms with E-state index in [9.17, 15) is 4.79 Å². The molecule has 0 spiro atoms. The molecule has 4 heterocycles. The minimum absolute atomic E-state index is 0.0113.